The Morgan fingerprint density at radius 3 is 3.07 bits per heavy atom. The summed E-state index contributed by atoms with van der Waals surface area (Å²) in [6, 6.07) is 0.672. The van der Waals surface area contributed by atoms with Crippen molar-refractivity contribution in [2.45, 2.75) is 31.7 Å². The first kappa shape index (κ1) is 12.7. The number of likely N-dealkylation sites (N-methyl/N-ethyl adjacent to an activating group) is 1. The Hall–Kier alpha value is -0.380. The molecule has 1 rings (SSSR count). The maximum atomic E-state index is 8.83. The normalized spacial score (nSPS) is 22.1. The number of aliphatic hydroxyl groups is 1. The van der Waals surface area contributed by atoms with Crippen LogP contribution in [-0.4, -0.2) is 49.3 Å². The summed E-state index contributed by atoms with van der Waals surface area (Å²) in [4.78, 5) is 2.51. The molecular weight excluding hydrogens is 188 g/mol. The smallest absolute Gasteiger partial charge is 0.0431 e. The molecule has 0 aromatic rings. The highest BCUT2D eigenvalue weighted by Gasteiger charge is 2.23. The van der Waals surface area contributed by atoms with Gasteiger partial charge < -0.3 is 10.4 Å². The quantitative estimate of drug-likeness (QED) is 0.618. The first-order valence-corrected chi connectivity index (χ1v) is 5.94. The van der Waals surface area contributed by atoms with E-state index in [0.717, 1.165) is 25.9 Å². The lowest BCUT2D eigenvalue weighted by atomic mass is 10.1. The Morgan fingerprint density at radius 2 is 2.40 bits per heavy atom. The lowest BCUT2D eigenvalue weighted by Crippen LogP contribution is -2.33. The molecule has 1 saturated heterocycles. The molecule has 1 unspecified atom stereocenters. The molecule has 3 nitrogen and oxygen atoms in total. The predicted molar refractivity (Wildman–Crippen MR) is 64.0 cm³/mol. The summed E-state index contributed by atoms with van der Waals surface area (Å²) in [5.74, 6) is 0. The van der Waals surface area contributed by atoms with E-state index >= 15 is 0 Å². The molecule has 2 N–H and O–H groups in total. The summed E-state index contributed by atoms with van der Waals surface area (Å²) < 4.78 is 0. The number of rotatable bonds is 7. The maximum Gasteiger partial charge on any atom is 0.0431 e. The molecule has 0 amide bonds. The van der Waals surface area contributed by atoms with Gasteiger partial charge in [-0.05, 0) is 44.8 Å². The van der Waals surface area contributed by atoms with E-state index in [1.807, 2.05) is 7.05 Å². The van der Waals surface area contributed by atoms with E-state index in [9.17, 15) is 0 Å². The van der Waals surface area contributed by atoms with Gasteiger partial charge in [0, 0.05) is 25.7 Å². The Balaban J connectivity index is 2.29. The number of nitrogens with one attached hydrogen (secondary N) is 1. The number of hydrogen-bond donors (Lipinski definition) is 2. The van der Waals surface area contributed by atoms with E-state index < -0.39 is 0 Å². The zero-order valence-corrected chi connectivity index (χ0v) is 9.84. The van der Waals surface area contributed by atoms with Crippen molar-refractivity contribution in [3.05, 3.63) is 12.2 Å². The molecular formula is C12H24N2O. The molecule has 0 radical (unpaired) electrons. The number of hydrogen-bond acceptors (Lipinski definition) is 3. The van der Waals surface area contributed by atoms with Crippen LogP contribution in [0.15, 0.2) is 12.2 Å². The third kappa shape index (κ3) is 4.33. The molecule has 1 fully saturated rings. The van der Waals surface area contributed by atoms with Crippen LogP contribution < -0.4 is 5.32 Å². The Kier molecular flexibility index (Phi) is 5.91. The van der Waals surface area contributed by atoms with Crippen molar-refractivity contribution in [3.63, 3.8) is 0 Å². The van der Waals surface area contributed by atoms with Gasteiger partial charge in [0.1, 0.15) is 0 Å². The Labute approximate surface area is 93.2 Å². The molecule has 0 aromatic heterocycles. The van der Waals surface area contributed by atoms with Gasteiger partial charge in [-0.3, -0.25) is 4.90 Å². The van der Waals surface area contributed by atoms with Crippen molar-refractivity contribution < 1.29 is 5.11 Å². The van der Waals surface area contributed by atoms with E-state index in [1.165, 1.54) is 25.0 Å². The molecule has 1 aliphatic heterocycles. The zero-order valence-electron chi connectivity index (χ0n) is 9.84. The van der Waals surface area contributed by atoms with Gasteiger partial charge in [-0.15, -0.1) is 0 Å². The van der Waals surface area contributed by atoms with Gasteiger partial charge in [0.15, 0.2) is 0 Å². The van der Waals surface area contributed by atoms with E-state index in [4.69, 9.17) is 5.11 Å². The van der Waals surface area contributed by atoms with E-state index in [-0.39, 0.29) is 0 Å². The van der Waals surface area contributed by atoms with E-state index in [2.05, 4.69) is 16.8 Å². The average Bonchev–Trinajstić information content (AvgIpc) is 2.63. The van der Waals surface area contributed by atoms with Crippen molar-refractivity contribution in [1.82, 2.24) is 10.2 Å². The molecule has 15 heavy (non-hydrogen) atoms. The van der Waals surface area contributed by atoms with Crippen LogP contribution in [0.5, 0.6) is 0 Å². The van der Waals surface area contributed by atoms with Crippen molar-refractivity contribution in [1.29, 1.82) is 0 Å². The minimum Gasteiger partial charge on any atom is -0.396 e. The third-order valence-electron chi connectivity index (χ3n) is 3.05. The topological polar surface area (TPSA) is 35.5 Å². The summed E-state index contributed by atoms with van der Waals surface area (Å²) in [6.45, 7) is 7.50. The van der Waals surface area contributed by atoms with Crippen molar-refractivity contribution in [2.75, 3.05) is 33.3 Å². The molecule has 0 aliphatic carbocycles. The van der Waals surface area contributed by atoms with Crippen LogP contribution in [0.25, 0.3) is 0 Å². The van der Waals surface area contributed by atoms with Gasteiger partial charge in [-0.25, -0.2) is 0 Å². The molecule has 0 spiro atoms. The van der Waals surface area contributed by atoms with E-state index in [0.29, 0.717) is 12.6 Å². The van der Waals surface area contributed by atoms with Gasteiger partial charge in [-0.1, -0.05) is 6.58 Å². The molecule has 1 aliphatic rings. The number of nitrogens with zero attached hydrogens (tertiary/aromatic N) is 1. The molecule has 0 aromatic carbocycles. The third-order valence-corrected chi connectivity index (χ3v) is 3.05. The lowest BCUT2D eigenvalue weighted by molar-refractivity contribution is 0.227. The number of aliphatic hydroxyl groups excluding tert-OH is 1. The SMILES string of the molecule is C=C(CNC)CN1CCCC1CCCO. The van der Waals surface area contributed by atoms with Crippen molar-refractivity contribution in [2.24, 2.45) is 0 Å². The maximum absolute atomic E-state index is 8.83. The summed E-state index contributed by atoms with van der Waals surface area (Å²) in [6.07, 6.45) is 4.64. The predicted octanol–water partition coefficient (Wildman–Crippen LogP) is 0.999. The Bertz CT molecular complexity index is 194. The Morgan fingerprint density at radius 1 is 1.60 bits per heavy atom. The summed E-state index contributed by atoms with van der Waals surface area (Å²) in [5, 5.41) is 12.0. The van der Waals surface area contributed by atoms with Crippen LogP contribution in [0.2, 0.25) is 0 Å². The second-order valence-electron chi connectivity index (χ2n) is 4.41. The largest absolute Gasteiger partial charge is 0.396 e. The van der Waals surface area contributed by atoms with Crippen LogP contribution in [0.1, 0.15) is 25.7 Å². The van der Waals surface area contributed by atoms with Gasteiger partial charge in [-0.2, -0.15) is 0 Å². The van der Waals surface area contributed by atoms with Crippen LogP contribution in [0, 0.1) is 0 Å². The van der Waals surface area contributed by atoms with Crippen molar-refractivity contribution in [3.8, 4) is 0 Å². The van der Waals surface area contributed by atoms with Gasteiger partial charge >= 0.3 is 0 Å². The van der Waals surface area contributed by atoms with Crippen LogP contribution >= 0.6 is 0 Å². The highest BCUT2D eigenvalue weighted by molar-refractivity contribution is 5.01. The summed E-state index contributed by atoms with van der Waals surface area (Å²) >= 11 is 0. The highest BCUT2D eigenvalue weighted by atomic mass is 16.2. The second kappa shape index (κ2) is 6.99. The van der Waals surface area contributed by atoms with Gasteiger partial charge in [0.05, 0.1) is 0 Å². The monoisotopic (exact) mass is 212 g/mol. The van der Waals surface area contributed by atoms with E-state index in [1.54, 1.807) is 0 Å². The van der Waals surface area contributed by atoms with Crippen LogP contribution in [-0.2, 0) is 0 Å². The fourth-order valence-electron chi connectivity index (χ4n) is 2.35. The lowest BCUT2D eigenvalue weighted by Gasteiger charge is -2.25. The molecule has 1 heterocycles. The van der Waals surface area contributed by atoms with Crippen LogP contribution in [0.4, 0.5) is 0 Å². The minimum atomic E-state index is 0.321. The molecule has 1 atom stereocenters. The van der Waals surface area contributed by atoms with Gasteiger partial charge in [0.25, 0.3) is 0 Å². The number of likely N-dealkylation sites (tertiary alicyclic amines) is 1. The standard InChI is InChI=1S/C12H24N2O/c1-11(9-13-2)10-14-7-3-5-12(14)6-4-8-15/h12-13,15H,1,3-10H2,2H3. The summed E-state index contributed by atoms with van der Waals surface area (Å²) in [7, 11) is 1.96. The first-order valence-electron chi connectivity index (χ1n) is 5.94. The average molecular weight is 212 g/mol. The van der Waals surface area contributed by atoms with Crippen molar-refractivity contribution >= 4 is 0 Å². The van der Waals surface area contributed by atoms with Gasteiger partial charge in [0.2, 0.25) is 0 Å². The molecule has 0 saturated carbocycles. The fourth-order valence-corrected chi connectivity index (χ4v) is 2.35. The second-order valence-corrected chi connectivity index (χ2v) is 4.41. The molecule has 88 valence electrons. The first-order chi connectivity index (χ1) is 7.27. The van der Waals surface area contributed by atoms with Crippen LogP contribution in [0.3, 0.4) is 0 Å². The highest BCUT2D eigenvalue weighted by Crippen LogP contribution is 2.21. The molecule has 0 bridgehead atoms. The summed E-state index contributed by atoms with van der Waals surface area (Å²) in [5.41, 5.74) is 1.26. The minimum absolute atomic E-state index is 0.321. The molecule has 3 heteroatoms. The zero-order chi connectivity index (χ0) is 11.1. The fraction of sp³-hybridized carbons (Fsp3) is 0.833.